The van der Waals surface area contributed by atoms with Crippen molar-refractivity contribution in [3.63, 3.8) is 0 Å². The second-order valence-corrected chi connectivity index (χ2v) is 5.67. The number of hydrogen-bond acceptors (Lipinski definition) is 5. The van der Waals surface area contributed by atoms with Crippen LogP contribution in [0.2, 0.25) is 0 Å². The summed E-state index contributed by atoms with van der Waals surface area (Å²) in [4.78, 5) is 15.0. The summed E-state index contributed by atoms with van der Waals surface area (Å²) in [6, 6.07) is 3.85. The lowest BCUT2D eigenvalue weighted by atomic mass is 10.2. The molecule has 0 aliphatic rings. The normalized spacial score (nSPS) is 11.1. The molecule has 0 saturated carbocycles. The molecule has 21 heavy (non-hydrogen) atoms. The lowest BCUT2D eigenvalue weighted by molar-refractivity contribution is 0.102. The number of rotatable bonds is 3. The van der Waals surface area contributed by atoms with Crippen molar-refractivity contribution in [2.45, 2.75) is 4.90 Å². The number of primary sulfonamides is 1. The van der Waals surface area contributed by atoms with Gasteiger partial charge >= 0.3 is 0 Å². The van der Waals surface area contributed by atoms with Crippen LogP contribution in [0.5, 0.6) is 5.75 Å². The highest BCUT2D eigenvalue weighted by Gasteiger charge is 2.13. The van der Waals surface area contributed by atoms with Gasteiger partial charge in [-0.25, -0.2) is 17.9 Å². The van der Waals surface area contributed by atoms with E-state index in [-0.39, 0.29) is 17.0 Å². The molecule has 2 rings (SSSR count). The summed E-state index contributed by atoms with van der Waals surface area (Å²) in [6.45, 7) is 0. The molecule has 0 aliphatic heterocycles. The number of aromatic nitrogens is 1. The van der Waals surface area contributed by atoms with Crippen LogP contribution in [0, 0.1) is 5.82 Å². The minimum absolute atomic E-state index is 0.0245. The van der Waals surface area contributed by atoms with Gasteiger partial charge in [0.15, 0.2) is 0 Å². The van der Waals surface area contributed by atoms with Crippen LogP contribution in [0.25, 0.3) is 0 Å². The van der Waals surface area contributed by atoms with E-state index in [4.69, 9.17) is 5.14 Å². The first-order valence-corrected chi connectivity index (χ1v) is 7.09. The fourth-order valence-electron chi connectivity index (χ4n) is 1.55. The van der Waals surface area contributed by atoms with E-state index in [0.29, 0.717) is 0 Å². The number of pyridine rings is 1. The van der Waals surface area contributed by atoms with Crippen LogP contribution in [0.15, 0.2) is 41.6 Å². The Morgan fingerprint density at radius 1 is 1.24 bits per heavy atom. The van der Waals surface area contributed by atoms with Crippen molar-refractivity contribution in [3.05, 3.63) is 48.0 Å². The highest BCUT2D eigenvalue weighted by molar-refractivity contribution is 7.89. The van der Waals surface area contributed by atoms with Gasteiger partial charge in [-0.3, -0.25) is 9.78 Å². The molecule has 0 unspecified atom stereocenters. The number of carbonyl (C=O) groups excluding carboxylic acids is 1. The van der Waals surface area contributed by atoms with Crippen LogP contribution in [0.1, 0.15) is 10.4 Å². The number of aromatic hydroxyl groups is 1. The standard InChI is InChI=1S/C12H10FN3O4S/c13-8-2-9(4-11(3-8)21(14,19)20)16-12(18)7-1-10(17)6-15-5-7/h1-6,17H,(H,16,18)(H2,14,19,20). The SMILES string of the molecule is NS(=O)(=O)c1cc(F)cc(NC(=O)c2cncc(O)c2)c1. The lowest BCUT2D eigenvalue weighted by Gasteiger charge is -2.07. The minimum atomic E-state index is -4.10. The molecule has 110 valence electrons. The quantitative estimate of drug-likeness (QED) is 0.774. The van der Waals surface area contributed by atoms with Crippen LogP contribution in [-0.4, -0.2) is 24.4 Å². The molecule has 0 bridgehead atoms. The molecular formula is C12H10FN3O4S. The van der Waals surface area contributed by atoms with Crippen molar-refractivity contribution in [3.8, 4) is 5.75 Å². The van der Waals surface area contributed by atoms with Crippen molar-refractivity contribution < 1.29 is 22.7 Å². The van der Waals surface area contributed by atoms with Crippen molar-refractivity contribution in [2.75, 3.05) is 5.32 Å². The first-order chi connectivity index (χ1) is 9.75. The summed E-state index contributed by atoms with van der Waals surface area (Å²) in [7, 11) is -4.10. The maximum atomic E-state index is 13.4. The van der Waals surface area contributed by atoms with Crippen molar-refractivity contribution in [1.29, 1.82) is 0 Å². The zero-order valence-corrected chi connectivity index (χ0v) is 11.3. The van der Waals surface area contributed by atoms with Gasteiger partial charge in [0.25, 0.3) is 5.91 Å². The Kier molecular flexibility index (Phi) is 3.87. The fourth-order valence-corrected chi connectivity index (χ4v) is 2.12. The van der Waals surface area contributed by atoms with Crippen molar-refractivity contribution in [2.24, 2.45) is 5.14 Å². The first kappa shape index (κ1) is 14.9. The molecule has 0 radical (unpaired) electrons. The van der Waals surface area contributed by atoms with E-state index in [1.165, 1.54) is 6.20 Å². The molecule has 0 saturated heterocycles. The zero-order chi connectivity index (χ0) is 15.6. The molecular weight excluding hydrogens is 301 g/mol. The molecule has 1 aromatic heterocycles. The van der Waals surface area contributed by atoms with Gasteiger partial charge in [0.1, 0.15) is 11.6 Å². The predicted octanol–water partition coefficient (Wildman–Crippen LogP) is 0.826. The highest BCUT2D eigenvalue weighted by Crippen LogP contribution is 2.18. The molecule has 4 N–H and O–H groups in total. The maximum absolute atomic E-state index is 13.4. The molecule has 2 aromatic rings. The Balaban J connectivity index is 2.32. The van der Waals surface area contributed by atoms with E-state index in [1.807, 2.05) is 0 Å². The minimum Gasteiger partial charge on any atom is -0.506 e. The number of halogens is 1. The third-order valence-corrected chi connectivity index (χ3v) is 3.34. The van der Waals surface area contributed by atoms with E-state index in [1.54, 1.807) is 0 Å². The van der Waals surface area contributed by atoms with E-state index in [0.717, 1.165) is 30.5 Å². The third kappa shape index (κ3) is 3.74. The Morgan fingerprint density at radius 2 is 1.95 bits per heavy atom. The van der Waals surface area contributed by atoms with Crippen molar-refractivity contribution >= 4 is 21.6 Å². The van der Waals surface area contributed by atoms with Gasteiger partial charge in [0.2, 0.25) is 10.0 Å². The van der Waals surface area contributed by atoms with Gasteiger partial charge in [-0.2, -0.15) is 0 Å². The average Bonchev–Trinajstić information content (AvgIpc) is 2.37. The first-order valence-electron chi connectivity index (χ1n) is 5.54. The number of hydrogen-bond donors (Lipinski definition) is 3. The van der Waals surface area contributed by atoms with E-state index in [9.17, 15) is 22.7 Å². The average molecular weight is 311 g/mol. The van der Waals surface area contributed by atoms with Crippen LogP contribution >= 0.6 is 0 Å². The molecule has 0 spiro atoms. The second-order valence-electron chi connectivity index (χ2n) is 4.11. The Hall–Kier alpha value is -2.52. The van der Waals surface area contributed by atoms with Crippen LogP contribution in [-0.2, 0) is 10.0 Å². The zero-order valence-electron chi connectivity index (χ0n) is 10.4. The van der Waals surface area contributed by atoms with Crippen LogP contribution < -0.4 is 10.5 Å². The molecule has 0 aliphatic carbocycles. The highest BCUT2D eigenvalue weighted by atomic mass is 32.2. The van der Waals surface area contributed by atoms with Crippen LogP contribution in [0.4, 0.5) is 10.1 Å². The topological polar surface area (TPSA) is 122 Å². The summed E-state index contributed by atoms with van der Waals surface area (Å²) in [5.74, 6) is -1.78. The summed E-state index contributed by atoms with van der Waals surface area (Å²) in [5.41, 5.74) is -0.0659. The van der Waals surface area contributed by atoms with E-state index < -0.39 is 26.6 Å². The lowest BCUT2D eigenvalue weighted by Crippen LogP contribution is -2.15. The van der Waals surface area contributed by atoms with Crippen LogP contribution in [0.3, 0.4) is 0 Å². The van der Waals surface area contributed by atoms with E-state index >= 15 is 0 Å². The van der Waals surface area contributed by atoms with E-state index in [2.05, 4.69) is 10.3 Å². The summed E-state index contributed by atoms with van der Waals surface area (Å²) < 4.78 is 35.7. The molecule has 1 amide bonds. The molecule has 1 aromatic carbocycles. The number of nitrogens with two attached hydrogens (primary N) is 1. The monoisotopic (exact) mass is 311 g/mol. The summed E-state index contributed by atoms with van der Waals surface area (Å²) in [6.07, 6.45) is 2.33. The van der Waals surface area contributed by atoms with Gasteiger partial charge in [-0.1, -0.05) is 0 Å². The smallest absolute Gasteiger partial charge is 0.257 e. The molecule has 9 heteroatoms. The number of amides is 1. The number of benzene rings is 1. The molecule has 0 atom stereocenters. The van der Waals surface area contributed by atoms with Crippen molar-refractivity contribution in [1.82, 2.24) is 4.98 Å². The summed E-state index contributed by atoms with van der Waals surface area (Å²) >= 11 is 0. The molecule has 7 nitrogen and oxygen atoms in total. The fraction of sp³-hybridized carbons (Fsp3) is 0. The summed E-state index contributed by atoms with van der Waals surface area (Å²) in [5, 5.41) is 16.4. The number of sulfonamides is 1. The largest absolute Gasteiger partial charge is 0.506 e. The number of carbonyl (C=O) groups is 1. The van der Waals surface area contributed by atoms with Gasteiger partial charge in [0, 0.05) is 11.9 Å². The Labute approximate surface area is 119 Å². The Bertz CT molecular complexity index is 808. The maximum Gasteiger partial charge on any atom is 0.257 e. The number of nitrogens with zero attached hydrogens (tertiary/aromatic N) is 1. The van der Waals surface area contributed by atoms with Gasteiger partial charge in [0.05, 0.1) is 16.7 Å². The number of nitrogens with one attached hydrogen (secondary N) is 1. The number of anilines is 1. The molecule has 0 fully saturated rings. The second kappa shape index (κ2) is 5.46. The van der Waals surface area contributed by atoms with Gasteiger partial charge in [-0.05, 0) is 24.3 Å². The van der Waals surface area contributed by atoms with Gasteiger partial charge in [-0.15, -0.1) is 0 Å². The third-order valence-electron chi connectivity index (χ3n) is 2.44. The van der Waals surface area contributed by atoms with Gasteiger partial charge < -0.3 is 10.4 Å². The predicted molar refractivity (Wildman–Crippen MR) is 71.6 cm³/mol. The Morgan fingerprint density at radius 3 is 2.57 bits per heavy atom. The molecule has 1 heterocycles.